The van der Waals surface area contributed by atoms with Gasteiger partial charge in [-0.1, -0.05) is 36.2 Å². The van der Waals surface area contributed by atoms with E-state index in [4.69, 9.17) is 36.1 Å². The van der Waals surface area contributed by atoms with E-state index in [2.05, 4.69) is 10.6 Å². The van der Waals surface area contributed by atoms with E-state index in [0.717, 1.165) is 43.2 Å². The van der Waals surface area contributed by atoms with Crippen molar-refractivity contribution in [3.05, 3.63) is 50.9 Å². The maximum absolute atomic E-state index is 12.4. The molecule has 0 radical (unpaired) electrons. The number of methoxy groups -OCH3 is 1. The molecule has 1 heterocycles. The topological polar surface area (TPSA) is 142 Å². The van der Waals surface area contributed by atoms with Crippen LogP contribution in [0.4, 0.5) is 5.00 Å². The van der Waals surface area contributed by atoms with Gasteiger partial charge in [-0.2, -0.15) is 0 Å². The summed E-state index contributed by atoms with van der Waals surface area (Å²) in [4.78, 5) is 44.1. The van der Waals surface area contributed by atoms with Crippen molar-refractivity contribution in [2.24, 2.45) is 0 Å². The number of halogens is 1. The highest BCUT2D eigenvalue weighted by molar-refractivity contribution is 7.17. The first-order valence-corrected chi connectivity index (χ1v) is 11.4. The van der Waals surface area contributed by atoms with Crippen molar-refractivity contribution in [2.45, 2.75) is 38.6 Å². The van der Waals surface area contributed by atoms with Crippen LogP contribution in [0, 0.1) is 0 Å². The summed E-state index contributed by atoms with van der Waals surface area (Å²) in [6.07, 6.45) is 5.14. The third kappa shape index (κ3) is 7.85. The minimum atomic E-state index is -1.82. The molecule has 0 saturated carbocycles. The van der Waals surface area contributed by atoms with Crippen LogP contribution in [-0.4, -0.2) is 47.7 Å². The molecule has 178 valence electrons. The molecule has 11 heteroatoms. The molecule has 0 unspecified atom stereocenters. The van der Waals surface area contributed by atoms with Crippen LogP contribution in [0.25, 0.3) is 0 Å². The number of benzene rings is 1. The quantitative estimate of drug-likeness (QED) is 0.271. The maximum Gasteiger partial charge on any atom is 0.414 e. The van der Waals surface area contributed by atoms with E-state index in [9.17, 15) is 9.59 Å². The molecular weight excluding hydrogens is 472 g/mol. The zero-order valence-electron chi connectivity index (χ0n) is 18.0. The van der Waals surface area contributed by atoms with Gasteiger partial charge in [0, 0.05) is 16.4 Å². The lowest BCUT2D eigenvalue weighted by Crippen LogP contribution is -2.28. The number of hydrogen-bond donors (Lipinski definition) is 4. The summed E-state index contributed by atoms with van der Waals surface area (Å²) in [5.74, 6) is -4.22. The monoisotopic (exact) mass is 496 g/mol. The molecule has 4 N–H and O–H groups in total. The van der Waals surface area contributed by atoms with Crippen molar-refractivity contribution in [3.63, 3.8) is 0 Å². The number of aliphatic carboxylic acids is 2. The van der Waals surface area contributed by atoms with E-state index in [1.165, 1.54) is 23.3 Å². The van der Waals surface area contributed by atoms with Gasteiger partial charge >= 0.3 is 17.9 Å². The molecule has 33 heavy (non-hydrogen) atoms. The van der Waals surface area contributed by atoms with Gasteiger partial charge in [-0.15, -0.1) is 11.3 Å². The fourth-order valence-electron chi connectivity index (χ4n) is 3.27. The minimum Gasteiger partial charge on any atom is -0.473 e. The summed E-state index contributed by atoms with van der Waals surface area (Å²) < 4.78 is 4.96. The Bertz CT molecular complexity index is 1010. The normalized spacial score (nSPS) is 12.4. The lowest BCUT2D eigenvalue weighted by atomic mass is 10.1. The molecule has 2 aromatic rings. The molecule has 0 atom stereocenters. The number of ether oxygens (including phenoxy) is 1. The molecule has 9 nitrogen and oxygen atoms in total. The van der Waals surface area contributed by atoms with Crippen LogP contribution in [0.5, 0.6) is 0 Å². The van der Waals surface area contributed by atoms with Crippen LogP contribution >= 0.6 is 22.9 Å². The molecule has 0 saturated heterocycles. The zero-order chi connectivity index (χ0) is 24.4. The fourth-order valence-corrected chi connectivity index (χ4v) is 4.77. The second kappa shape index (κ2) is 12.9. The van der Waals surface area contributed by atoms with Gasteiger partial charge in [-0.25, -0.2) is 14.4 Å². The van der Waals surface area contributed by atoms with Crippen LogP contribution in [0.1, 0.15) is 45.6 Å². The number of rotatable bonds is 6. The number of fused-ring (bicyclic) bond motifs is 1. The lowest BCUT2D eigenvalue weighted by Gasteiger charge is -2.09. The fraction of sp³-hybridized carbons (Fsp3) is 0.364. The first-order valence-electron chi connectivity index (χ1n) is 10.2. The Balaban J connectivity index is 0.000000569. The summed E-state index contributed by atoms with van der Waals surface area (Å²) in [5, 5.41) is 22.0. The predicted octanol–water partition coefficient (Wildman–Crippen LogP) is 3.34. The largest absolute Gasteiger partial charge is 0.473 e. The molecule has 1 amide bonds. The zero-order valence-corrected chi connectivity index (χ0v) is 19.6. The van der Waals surface area contributed by atoms with Gasteiger partial charge in [-0.3, -0.25) is 4.79 Å². The second-order valence-corrected chi connectivity index (χ2v) is 8.63. The number of aryl methyl sites for hydroxylation is 1. The molecule has 3 rings (SSSR count). The minimum absolute atomic E-state index is 0.133. The standard InChI is InChI=1S/C20H23ClN2O3S.C2H2O4/c1-26-20(25)18-14-8-3-2-4-10-16(14)27-19(18)23-17(24)12-22-11-13-7-5-6-9-15(13)21;3-1(4)2(5)6/h5-7,9,22H,2-4,8,10-12H2,1H3,(H,23,24);(H,3,4)(H,5,6). The van der Waals surface area contributed by atoms with E-state index >= 15 is 0 Å². The molecule has 0 fully saturated rings. The smallest absolute Gasteiger partial charge is 0.414 e. The maximum atomic E-state index is 12.4. The number of anilines is 1. The van der Waals surface area contributed by atoms with Gasteiger partial charge in [0.1, 0.15) is 5.00 Å². The summed E-state index contributed by atoms with van der Waals surface area (Å²) in [6.45, 7) is 0.631. The van der Waals surface area contributed by atoms with Crippen molar-refractivity contribution in [3.8, 4) is 0 Å². The summed E-state index contributed by atoms with van der Waals surface area (Å²) >= 11 is 7.62. The van der Waals surface area contributed by atoms with Gasteiger partial charge in [-0.05, 0) is 42.9 Å². The summed E-state index contributed by atoms with van der Waals surface area (Å²) in [6, 6.07) is 7.51. The van der Waals surface area contributed by atoms with Crippen LogP contribution in [0.3, 0.4) is 0 Å². The first kappa shape index (κ1) is 26.3. The van der Waals surface area contributed by atoms with E-state index < -0.39 is 11.9 Å². The predicted molar refractivity (Wildman–Crippen MR) is 124 cm³/mol. The number of nitrogens with one attached hydrogen (secondary N) is 2. The average Bonchev–Trinajstić information content (AvgIpc) is 2.95. The van der Waals surface area contributed by atoms with Gasteiger partial charge in [0.2, 0.25) is 5.91 Å². The number of thiophene rings is 1. The SMILES string of the molecule is COC(=O)c1c(NC(=O)CNCc2ccccc2Cl)sc2c1CCCCC2.O=C(O)C(=O)O. The van der Waals surface area contributed by atoms with Crippen molar-refractivity contribution < 1.29 is 34.1 Å². The average molecular weight is 497 g/mol. The molecule has 0 bridgehead atoms. The van der Waals surface area contributed by atoms with E-state index in [-0.39, 0.29) is 18.4 Å². The van der Waals surface area contributed by atoms with E-state index in [1.54, 1.807) is 0 Å². The van der Waals surface area contributed by atoms with Crippen molar-refractivity contribution in [1.82, 2.24) is 5.32 Å². The third-order valence-electron chi connectivity index (χ3n) is 4.81. The Hall–Kier alpha value is -2.95. The molecule has 1 aliphatic rings. The van der Waals surface area contributed by atoms with Crippen LogP contribution in [0.15, 0.2) is 24.3 Å². The van der Waals surface area contributed by atoms with E-state index in [1.807, 2.05) is 24.3 Å². The first-order chi connectivity index (χ1) is 15.7. The van der Waals surface area contributed by atoms with E-state index in [0.29, 0.717) is 22.1 Å². The number of carbonyl (C=O) groups is 4. The highest BCUT2D eigenvalue weighted by Crippen LogP contribution is 2.37. The second-order valence-electron chi connectivity index (χ2n) is 7.11. The van der Waals surface area contributed by atoms with Gasteiger partial charge in [0.15, 0.2) is 0 Å². The lowest BCUT2D eigenvalue weighted by molar-refractivity contribution is -0.159. The van der Waals surface area contributed by atoms with Crippen molar-refractivity contribution in [2.75, 3.05) is 19.0 Å². The Morgan fingerprint density at radius 2 is 1.73 bits per heavy atom. The third-order valence-corrected chi connectivity index (χ3v) is 6.38. The Kier molecular flexibility index (Phi) is 10.3. The molecule has 0 aliphatic heterocycles. The van der Waals surface area contributed by atoms with Crippen molar-refractivity contribution in [1.29, 1.82) is 0 Å². The number of esters is 1. The molecule has 1 aliphatic carbocycles. The number of hydrogen-bond acceptors (Lipinski definition) is 7. The number of carboxylic acid groups (broad SMARTS) is 2. The van der Waals surface area contributed by atoms with Crippen molar-refractivity contribution >= 4 is 51.8 Å². The van der Waals surface area contributed by atoms with Gasteiger partial charge < -0.3 is 25.6 Å². The highest BCUT2D eigenvalue weighted by atomic mass is 35.5. The molecule has 1 aromatic heterocycles. The summed E-state index contributed by atoms with van der Waals surface area (Å²) in [7, 11) is 1.37. The molecule has 1 aromatic carbocycles. The Morgan fingerprint density at radius 3 is 2.36 bits per heavy atom. The van der Waals surface area contributed by atoms with Gasteiger partial charge in [0.05, 0.1) is 19.2 Å². The molecule has 0 spiro atoms. The van der Waals surface area contributed by atoms with Crippen LogP contribution < -0.4 is 10.6 Å². The summed E-state index contributed by atoms with van der Waals surface area (Å²) in [5.41, 5.74) is 2.51. The highest BCUT2D eigenvalue weighted by Gasteiger charge is 2.26. The molecular formula is C22H25ClN2O7S. The Morgan fingerprint density at radius 1 is 1.06 bits per heavy atom. The number of carbonyl (C=O) groups excluding carboxylic acids is 2. The van der Waals surface area contributed by atoms with Crippen LogP contribution in [0.2, 0.25) is 5.02 Å². The van der Waals surface area contributed by atoms with Gasteiger partial charge in [0.25, 0.3) is 0 Å². The number of carboxylic acids is 2. The Labute approximate surface area is 199 Å². The number of amides is 1. The van der Waals surface area contributed by atoms with Crippen LogP contribution in [-0.2, 0) is 38.5 Å².